The Bertz CT molecular complexity index is 608. The summed E-state index contributed by atoms with van der Waals surface area (Å²) in [6, 6.07) is 9.80. The summed E-state index contributed by atoms with van der Waals surface area (Å²) in [6.45, 7) is 1.97. The zero-order valence-electron chi connectivity index (χ0n) is 11.6. The molecule has 2 aromatic rings. The van der Waals surface area contributed by atoms with Gasteiger partial charge in [-0.3, -0.25) is 4.79 Å². The highest BCUT2D eigenvalue weighted by molar-refractivity contribution is 5.80. The summed E-state index contributed by atoms with van der Waals surface area (Å²) in [4.78, 5) is 12.2. The lowest BCUT2D eigenvalue weighted by Crippen LogP contribution is -2.33. The number of carbonyl (C=O) groups excluding carboxylic acids is 1. The van der Waals surface area contributed by atoms with Gasteiger partial charge in [-0.05, 0) is 38.3 Å². The topological polar surface area (TPSA) is 42.2 Å². The molecule has 20 heavy (non-hydrogen) atoms. The Kier molecular flexibility index (Phi) is 3.59. The van der Waals surface area contributed by atoms with Crippen LogP contribution in [0.3, 0.4) is 0 Å². The van der Waals surface area contributed by atoms with E-state index in [0.29, 0.717) is 0 Å². The van der Waals surface area contributed by atoms with Crippen LogP contribution in [0.1, 0.15) is 38.0 Å². The van der Waals surface area contributed by atoms with Crippen molar-refractivity contribution in [3.63, 3.8) is 0 Å². The van der Waals surface area contributed by atoms with Gasteiger partial charge in [-0.2, -0.15) is 0 Å². The molecule has 1 heterocycles. The Labute approximate surface area is 118 Å². The van der Waals surface area contributed by atoms with Crippen molar-refractivity contribution in [1.82, 2.24) is 5.32 Å². The van der Waals surface area contributed by atoms with E-state index in [2.05, 4.69) is 17.5 Å². The van der Waals surface area contributed by atoms with Crippen LogP contribution in [-0.2, 0) is 4.79 Å². The Balaban J connectivity index is 1.70. The molecule has 0 radical (unpaired) electrons. The molecule has 0 saturated heterocycles. The van der Waals surface area contributed by atoms with Crippen LogP contribution in [0, 0.1) is 5.92 Å². The standard InChI is InChI=1S/C17H19NO2/c1-12(18-17(19)13-7-3-2-4-8-13)16-11-14-9-5-6-10-15(14)20-16/h2-3,5-6,9-13H,4,7-8H2,1H3,(H,18,19)/t12-,13-/m1/s1. The quantitative estimate of drug-likeness (QED) is 0.857. The van der Waals surface area contributed by atoms with Crippen LogP contribution in [0.2, 0.25) is 0 Å². The van der Waals surface area contributed by atoms with Crippen LogP contribution in [-0.4, -0.2) is 5.91 Å². The largest absolute Gasteiger partial charge is 0.459 e. The van der Waals surface area contributed by atoms with E-state index in [0.717, 1.165) is 36.0 Å². The van der Waals surface area contributed by atoms with Crippen LogP contribution in [0.15, 0.2) is 46.9 Å². The molecular formula is C17H19NO2. The van der Waals surface area contributed by atoms with Gasteiger partial charge in [0, 0.05) is 11.3 Å². The molecule has 104 valence electrons. The molecule has 1 N–H and O–H groups in total. The van der Waals surface area contributed by atoms with Gasteiger partial charge in [0.15, 0.2) is 0 Å². The summed E-state index contributed by atoms with van der Waals surface area (Å²) >= 11 is 0. The summed E-state index contributed by atoms with van der Waals surface area (Å²) in [5.74, 6) is 1.04. The van der Waals surface area contributed by atoms with Gasteiger partial charge < -0.3 is 9.73 Å². The number of para-hydroxylation sites is 1. The van der Waals surface area contributed by atoms with Crippen molar-refractivity contribution in [1.29, 1.82) is 0 Å². The predicted octanol–water partition coefficient (Wildman–Crippen LogP) is 3.97. The van der Waals surface area contributed by atoms with Crippen LogP contribution in [0.5, 0.6) is 0 Å². The number of nitrogens with one attached hydrogen (secondary N) is 1. The summed E-state index contributed by atoms with van der Waals surface area (Å²) in [6.07, 6.45) is 7.02. The van der Waals surface area contributed by atoms with Crippen molar-refractivity contribution in [2.24, 2.45) is 5.92 Å². The number of carbonyl (C=O) groups is 1. The van der Waals surface area contributed by atoms with E-state index in [4.69, 9.17) is 4.42 Å². The maximum absolute atomic E-state index is 12.2. The van der Waals surface area contributed by atoms with Gasteiger partial charge in [0.05, 0.1) is 6.04 Å². The first-order valence-electron chi connectivity index (χ1n) is 7.18. The minimum atomic E-state index is -0.0965. The Morgan fingerprint density at radius 1 is 1.35 bits per heavy atom. The van der Waals surface area contributed by atoms with Crippen molar-refractivity contribution < 1.29 is 9.21 Å². The summed E-state index contributed by atoms with van der Waals surface area (Å²) < 4.78 is 5.79. The maximum atomic E-state index is 12.2. The molecule has 0 fully saturated rings. The number of benzene rings is 1. The fourth-order valence-corrected chi connectivity index (χ4v) is 2.65. The fraction of sp³-hybridized carbons (Fsp3) is 0.353. The average molecular weight is 269 g/mol. The SMILES string of the molecule is C[C@@H](NC(=O)[C@@H]1CC=CCC1)c1cc2ccccc2o1. The highest BCUT2D eigenvalue weighted by Gasteiger charge is 2.21. The number of amides is 1. The van der Waals surface area contributed by atoms with E-state index in [9.17, 15) is 4.79 Å². The normalized spacial score (nSPS) is 19.9. The van der Waals surface area contributed by atoms with Gasteiger partial charge >= 0.3 is 0 Å². The van der Waals surface area contributed by atoms with Crippen molar-refractivity contribution in [2.75, 3.05) is 0 Å². The molecule has 0 unspecified atom stereocenters. The minimum absolute atomic E-state index is 0.0965. The fourth-order valence-electron chi connectivity index (χ4n) is 2.65. The maximum Gasteiger partial charge on any atom is 0.224 e. The second-order valence-corrected chi connectivity index (χ2v) is 5.40. The monoisotopic (exact) mass is 269 g/mol. The average Bonchev–Trinajstić information content (AvgIpc) is 2.92. The Morgan fingerprint density at radius 2 is 2.20 bits per heavy atom. The first-order valence-corrected chi connectivity index (χ1v) is 7.18. The molecular weight excluding hydrogens is 250 g/mol. The van der Waals surface area contributed by atoms with Gasteiger partial charge in [0.2, 0.25) is 5.91 Å². The number of rotatable bonds is 3. The zero-order chi connectivity index (χ0) is 13.9. The van der Waals surface area contributed by atoms with Crippen molar-refractivity contribution in [3.05, 3.63) is 48.2 Å². The molecule has 1 aromatic carbocycles. The lowest BCUT2D eigenvalue weighted by atomic mass is 9.93. The molecule has 1 aliphatic carbocycles. The van der Waals surface area contributed by atoms with Crippen molar-refractivity contribution >= 4 is 16.9 Å². The lowest BCUT2D eigenvalue weighted by molar-refractivity contribution is -0.126. The number of furan rings is 1. The lowest BCUT2D eigenvalue weighted by Gasteiger charge is -2.19. The Morgan fingerprint density at radius 3 is 2.95 bits per heavy atom. The van der Waals surface area contributed by atoms with E-state index in [1.54, 1.807) is 0 Å². The van der Waals surface area contributed by atoms with Crippen LogP contribution >= 0.6 is 0 Å². The van der Waals surface area contributed by atoms with E-state index in [1.165, 1.54) is 0 Å². The van der Waals surface area contributed by atoms with Crippen LogP contribution < -0.4 is 5.32 Å². The summed E-state index contributed by atoms with van der Waals surface area (Å²) in [7, 11) is 0. The predicted molar refractivity (Wildman–Crippen MR) is 79.3 cm³/mol. The second kappa shape index (κ2) is 5.53. The molecule has 1 amide bonds. The Hall–Kier alpha value is -2.03. The number of hydrogen-bond acceptors (Lipinski definition) is 2. The second-order valence-electron chi connectivity index (χ2n) is 5.40. The molecule has 0 spiro atoms. The third kappa shape index (κ3) is 2.62. The van der Waals surface area contributed by atoms with E-state index in [-0.39, 0.29) is 17.9 Å². The third-order valence-electron chi connectivity index (χ3n) is 3.87. The molecule has 0 saturated carbocycles. The molecule has 3 nitrogen and oxygen atoms in total. The highest BCUT2D eigenvalue weighted by atomic mass is 16.3. The van der Waals surface area contributed by atoms with Crippen molar-refractivity contribution in [2.45, 2.75) is 32.2 Å². The van der Waals surface area contributed by atoms with Gasteiger partial charge in [0.25, 0.3) is 0 Å². The zero-order valence-corrected chi connectivity index (χ0v) is 11.6. The number of hydrogen-bond donors (Lipinski definition) is 1. The van der Waals surface area contributed by atoms with Gasteiger partial charge in [-0.25, -0.2) is 0 Å². The molecule has 0 aliphatic heterocycles. The van der Waals surface area contributed by atoms with Crippen LogP contribution in [0.25, 0.3) is 11.0 Å². The molecule has 1 aromatic heterocycles. The van der Waals surface area contributed by atoms with Crippen LogP contribution in [0.4, 0.5) is 0 Å². The molecule has 0 bridgehead atoms. The molecule has 1 aliphatic rings. The number of fused-ring (bicyclic) bond motifs is 1. The van der Waals surface area contributed by atoms with Crippen molar-refractivity contribution in [3.8, 4) is 0 Å². The van der Waals surface area contributed by atoms with Gasteiger partial charge in [0.1, 0.15) is 11.3 Å². The van der Waals surface area contributed by atoms with Gasteiger partial charge in [-0.1, -0.05) is 30.4 Å². The molecule has 2 atom stereocenters. The smallest absolute Gasteiger partial charge is 0.224 e. The summed E-state index contributed by atoms with van der Waals surface area (Å²) in [5, 5.41) is 4.13. The molecule has 3 heteroatoms. The van der Waals surface area contributed by atoms with Gasteiger partial charge in [-0.15, -0.1) is 0 Å². The third-order valence-corrected chi connectivity index (χ3v) is 3.87. The first kappa shape index (κ1) is 13.0. The number of allylic oxidation sites excluding steroid dienone is 2. The van der Waals surface area contributed by atoms with E-state index >= 15 is 0 Å². The van der Waals surface area contributed by atoms with E-state index < -0.39 is 0 Å². The first-order chi connectivity index (χ1) is 9.74. The van der Waals surface area contributed by atoms with E-state index in [1.807, 2.05) is 37.3 Å². The highest BCUT2D eigenvalue weighted by Crippen LogP contribution is 2.25. The molecule has 3 rings (SSSR count). The summed E-state index contributed by atoms with van der Waals surface area (Å²) in [5.41, 5.74) is 0.865. The minimum Gasteiger partial charge on any atom is -0.459 e.